The summed E-state index contributed by atoms with van der Waals surface area (Å²) in [4.78, 5) is 2.52. The molecule has 1 saturated heterocycles. The Labute approximate surface area is 111 Å². The molecule has 2 nitrogen and oxygen atoms in total. The van der Waals surface area contributed by atoms with Crippen molar-refractivity contribution >= 4 is 5.69 Å². The fourth-order valence-corrected chi connectivity index (χ4v) is 2.63. The van der Waals surface area contributed by atoms with Crippen molar-refractivity contribution in [3.05, 3.63) is 29.8 Å². The monoisotopic (exact) mass is 246 g/mol. The first kappa shape index (κ1) is 13.4. The maximum Gasteiger partial charge on any atom is 0.0367 e. The quantitative estimate of drug-likeness (QED) is 0.862. The highest BCUT2D eigenvalue weighted by Gasteiger charge is 2.26. The summed E-state index contributed by atoms with van der Waals surface area (Å²) >= 11 is 0. The second kappa shape index (κ2) is 5.31. The molecule has 0 spiro atoms. The van der Waals surface area contributed by atoms with Crippen LogP contribution in [-0.4, -0.2) is 25.2 Å². The lowest BCUT2D eigenvalue weighted by atomic mass is 10.0. The van der Waals surface area contributed by atoms with E-state index >= 15 is 0 Å². The number of hydrogen-bond acceptors (Lipinski definition) is 2. The van der Waals surface area contributed by atoms with Gasteiger partial charge in [0.25, 0.3) is 0 Å². The minimum Gasteiger partial charge on any atom is -0.369 e. The van der Waals surface area contributed by atoms with Crippen molar-refractivity contribution in [1.29, 1.82) is 0 Å². The summed E-state index contributed by atoms with van der Waals surface area (Å²) in [7, 11) is 0. The largest absolute Gasteiger partial charge is 0.369 e. The van der Waals surface area contributed by atoms with Gasteiger partial charge in [-0.2, -0.15) is 0 Å². The SMILES string of the molecule is CCc1ccc(N2CC(C)CNC(C)(C)C2)cc1. The summed E-state index contributed by atoms with van der Waals surface area (Å²) in [5.41, 5.74) is 2.96. The lowest BCUT2D eigenvalue weighted by molar-refractivity contribution is 0.402. The highest BCUT2D eigenvalue weighted by Crippen LogP contribution is 2.22. The molecule has 0 saturated carbocycles. The number of benzene rings is 1. The summed E-state index contributed by atoms with van der Waals surface area (Å²) in [6.07, 6.45) is 1.11. The van der Waals surface area contributed by atoms with E-state index in [0.29, 0.717) is 5.92 Å². The molecule has 0 aliphatic carbocycles. The van der Waals surface area contributed by atoms with Crippen molar-refractivity contribution in [2.45, 2.75) is 39.7 Å². The molecule has 0 aromatic heterocycles. The van der Waals surface area contributed by atoms with Crippen LogP contribution in [0.3, 0.4) is 0 Å². The van der Waals surface area contributed by atoms with Gasteiger partial charge in [0, 0.05) is 24.3 Å². The van der Waals surface area contributed by atoms with E-state index in [1.54, 1.807) is 0 Å². The molecule has 18 heavy (non-hydrogen) atoms. The van der Waals surface area contributed by atoms with Gasteiger partial charge in [-0.1, -0.05) is 26.0 Å². The maximum absolute atomic E-state index is 3.65. The molecule has 1 atom stereocenters. The van der Waals surface area contributed by atoms with Crippen LogP contribution in [0, 0.1) is 5.92 Å². The van der Waals surface area contributed by atoms with Gasteiger partial charge in [0.1, 0.15) is 0 Å². The first-order valence-electron chi connectivity index (χ1n) is 7.09. The zero-order chi connectivity index (χ0) is 13.2. The average Bonchev–Trinajstić information content (AvgIpc) is 2.48. The van der Waals surface area contributed by atoms with Gasteiger partial charge in [0.2, 0.25) is 0 Å². The minimum atomic E-state index is 0.189. The van der Waals surface area contributed by atoms with Gasteiger partial charge in [-0.05, 0) is 50.4 Å². The van der Waals surface area contributed by atoms with Crippen LogP contribution in [0.2, 0.25) is 0 Å². The lowest BCUT2D eigenvalue weighted by Gasteiger charge is -2.31. The molecule has 0 bridgehead atoms. The summed E-state index contributed by atoms with van der Waals surface area (Å²) in [5.74, 6) is 0.692. The van der Waals surface area contributed by atoms with Crippen LogP contribution in [0.1, 0.15) is 33.3 Å². The number of rotatable bonds is 2. The van der Waals surface area contributed by atoms with E-state index in [2.05, 4.69) is 62.2 Å². The predicted molar refractivity (Wildman–Crippen MR) is 79.3 cm³/mol. The van der Waals surface area contributed by atoms with Crippen LogP contribution in [0.5, 0.6) is 0 Å². The number of aryl methyl sites for hydroxylation is 1. The van der Waals surface area contributed by atoms with Gasteiger partial charge in [-0.15, -0.1) is 0 Å². The lowest BCUT2D eigenvalue weighted by Crippen LogP contribution is -2.46. The van der Waals surface area contributed by atoms with Crippen LogP contribution in [0.25, 0.3) is 0 Å². The van der Waals surface area contributed by atoms with Crippen molar-refractivity contribution in [3.63, 3.8) is 0 Å². The van der Waals surface area contributed by atoms with Crippen LogP contribution in [0.15, 0.2) is 24.3 Å². The van der Waals surface area contributed by atoms with Crippen molar-refractivity contribution in [1.82, 2.24) is 5.32 Å². The van der Waals surface area contributed by atoms with Crippen LogP contribution in [-0.2, 0) is 6.42 Å². The molecule has 0 radical (unpaired) electrons. The molecule has 2 heteroatoms. The van der Waals surface area contributed by atoms with Crippen molar-refractivity contribution in [2.24, 2.45) is 5.92 Å². The van der Waals surface area contributed by atoms with E-state index < -0.39 is 0 Å². The van der Waals surface area contributed by atoms with Crippen LogP contribution < -0.4 is 10.2 Å². The molecule has 1 N–H and O–H groups in total. The molecule has 0 amide bonds. The van der Waals surface area contributed by atoms with Gasteiger partial charge in [-0.3, -0.25) is 0 Å². The van der Waals surface area contributed by atoms with Gasteiger partial charge < -0.3 is 10.2 Å². The molecule has 1 aliphatic rings. The maximum atomic E-state index is 3.65. The Balaban J connectivity index is 2.18. The molecule has 1 fully saturated rings. The summed E-state index contributed by atoms with van der Waals surface area (Å²) in [6, 6.07) is 9.05. The van der Waals surface area contributed by atoms with Gasteiger partial charge in [0.05, 0.1) is 0 Å². The summed E-state index contributed by atoms with van der Waals surface area (Å²) in [5, 5.41) is 3.65. The van der Waals surface area contributed by atoms with Crippen molar-refractivity contribution in [2.75, 3.05) is 24.5 Å². The molecule has 1 aromatic carbocycles. The summed E-state index contributed by atoms with van der Waals surface area (Å²) < 4.78 is 0. The van der Waals surface area contributed by atoms with E-state index in [1.807, 2.05) is 0 Å². The first-order valence-corrected chi connectivity index (χ1v) is 7.09. The molecule has 100 valence electrons. The van der Waals surface area contributed by atoms with Gasteiger partial charge >= 0.3 is 0 Å². The van der Waals surface area contributed by atoms with Gasteiger partial charge in [0.15, 0.2) is 0 Å². The smallest absolute Gasteiger partial charge is 0.0367 e. The number of nitrogens with zero attached hydrogens (tertiary/aromatic N) is 1. The fourth-order valence-electron chi connectivity index (χ4n) is 2.63. The Morgan fingerprint density at radius 1 is 1.28 bits per heavy atom. The van der Waals surface area contributed by atoms with Crippen molar-refractivity contribution < 1.29 is 0 Å². The number of anilines is 1. The molecule has 1 aromatic rings. The third kappa shape index (κ3) is 3.26. The third-order valence-corrected chi connectivity index (χ3v) is 3.76. The number of nitrogens with one attached hydrogen (secondary N) is 1. The Hall–Kier alpha value is -1.02. The van der Waals surface area contributed by atoms with E-state index in [-0.39, 0.29) is 5.54 Å². The predicted octanol–water partition coefficient (Wildman–Crippen LogP) is 3.07. The highest BCUT2D eigenvalue weighted by atomic mass is 15.2. The molecule has 1 unspecified atom stereocenters. The van der Waals surface area contributed by atoms with E-state index in [4.69, 9.17) is 0 Å². The minimum absolute atomic E-state index is 0.189. The standard InChI is InChI=1S/C16H26N2/c1-5-14-6-8-15(9-7-14)18-11-13(2)10-17-16(3,4)12-18/h6-9,13,17H,5,10-12H2,1-4H3. The van der Waals surface area contributed by atoms with Crippen LogP contribution >= 0.6 is 0 Å². The topological polar surface area (TPSA) is 15.3 Å². The fraction of sp³-hybridized carbons (Fsp3) is 0.625. The van der Waals surface area contributed by atoms with E-state index in [1.165, 1.54) is 11.3 Å². The molecule has 2 rings (SSSR count). The Kier molecular flexibility index (Phi) is 3.96. The first-order chi connectivity index (χ1) is 8.50. The van der Waals surface area contributed by atoms with Crippen LogP contribution in [0.4, 0.5) is 5.69 Å². The van der Waals surface area contributed by atoms with E-state index in [0.717, 1.165) is 26.1 Å². The molecule has 1 heterocycles. The average molecular weight is 246 g/mol. The zero-order valence-electron chi connectivity index (χ0n) is 12.2. The van der Waals surface area contributed by atoms with E-state index in [9.17, 15) is 0 Å². The zero-order valence-corrected chi connectivity index (χ0v) is 12.2. The Bertz CT molecular complexity index is 381. The Morgan fingerprint density at radius 2 is 1.94 bits per heavy atom. The second-order valence-corrected chi connectivity index (χ2v) is 6.27. The molecular weight excluding hydrogens is 220 g/mol. The molecule has 1 aliphatic heterocycles. The second-order valence-electron chi connectivity index (χ2n) is 6.27. The molecular formula is C16H26N2. The van der Waals surface area contributed by atoms with Gasteiger partial charge in [-0.25, -0.2) is 0 Å². The number of hydrogen-bond donors (Lipinski definition) is 1. The van der Waals surface area contributed by atoms with Crippen molar-refractivity contribution in [3.8, 4) is 0 Å². The normalized spacial score (nSPS) is 23.8. The summed E-state index contributed by atoms with van der Waals surface area (Å²) in [6.45, 7) is 12.4. The highest BCUT2D eigenvalue weighted by molar-refractivity contribution is 5.48. The third-order valence-electron chi connectivity index (χ3n) is 3.76. The Morgan fingerprint density at radius 3 is 2.56 bits per heavy atom.